The van der Waals surface area contributed by atoms with Gasteiger partial charge in [-0.3, -0.25) is 0 Å². The van der Waals surface area contributed by atoms with Crippen molar-refractivity contribution in [3.63, 3.8) is 0 Å². The van der Waals surface area contributed by atoms with Crippen LogP contribution in [0.3, 0.4) is 0 Å². The molecule has 0 aliphatic heterocycles. The first-order valence-electron chi connectivity index (χ1n) is 5.94. The van der Waals surface area contributed by atoms with Gasteiger partial charge in [0, 0.05) is 5.02 Å². The van der Waals surface area contributed by atoms with Crippen molar-refractivity contribution in [3.8, 4) is 5.75 Å². The van der Waals surface area contributed by atoms with Gasteiger partial charge in [0.2, 0.25) is 0 Å². The molecule has 94 valence electrons. The van der Waals surface area contributed by atoms with Crippen molar-refractivity contribution in [3.05, 3.63) is 64.7 Å². The van der Waals surface area contributed by atoms with Crippen LogP contribution in [0.1, 0.15) is 11.1 Å². The van der Waals surface area contributed by atoms with E-state index >= 15 is 0 Å². The Labute approximate surface area is 112 Å². The Morgan fingerprint density at radius 3 is 2.56 bits per heavy atom. The van der Waals surface area contributed by atoms with Gasteiger partial charge in [-0.1, -0.05) is 35.9 Å². The molecule has 0 aliphatic carbocycles. The van der Waals surface area contributed by atoms with Gasteiger partial charge >= 0.3 is 0 Å². The van der Waals surface area contributed by atoms with Gasteiger partial charge in [0.25, 0.3) is 0 Å². The van der Waals surface area contributed by atoms with Crippen LogP contribution in [0.15, 0.2) is 48.5 Å². The molecule has 0 fully saturated rings. The molecule has 2 N–H and O–H groups in total. The van der Waals surface area contributed by atoms with E-state index in [0.717, 1.165) is 22.8 Å². The van der Waals surface area contributed by atoms with Crippen molar-refractivity contribution in [2.75, 3.05) is 6.54 Å². The van der Waals surface area contributed by atoms with Gasteiger partial charge in [0.05, 0.1) is 0 Å². The normalized spacial score (nSPS) is 10.3. The number of hydrogen-bond donors (Lipinski definition) is 1. The Hall–Kier alpha value is -1.51. The van der Waals surface area contributed by atoms with Crippen LogP contribution in [0.25, 0.3) is 0 Å². The maximum absolute atomic E-state index is 5.92. The molecule has 0 amide bonds. The minimum absolute atomic E-state index is 0.520. The molecule has 0 heterocycles. The fourth-order valence-electron chi connectivity index (χ4n) is 1.75. The summed E-state index contributed by atoms with van der Waals surface area (Å²) in [5, 5.41) is 0.730. The van der Waals surface area contributed by atoms with E-state index in [1.807, 2.05) is 42.5 Å². The zero-order chi connectivity index (χ0) is 12.8. The second-order valence-electron chi connectivity index (χ2n) is 4.10. The van der Waals surface area contributed by atoms with Crippen molar-refractivity contribution in [2.45, 2.75) is 13.0 Å². The summed E-state index contributed by atoms with van der Waals surface area (Å²) in [7, 11) is 0. The van der Waals surface area contributed by atoms with Crippen LogP contribution in [0.5, 0.6) is 5.75 Å². The van der Waals surface area contributed by atoms with Gasteiger partial charge in [-0.25, -0.2) is 0 Å². The highest BCUT2D eigenvalue weighted by Gasteiger charge is 1.98. The number of rotatable bonds is 5. The predicted molar refractivity (Wildman–Crippen MR) is 75.0 cm³/mol. The fraction of sp³-hybridized carbons (Fsp3) is 0.200. The number of nitrogens with two attached hydrogens (primary N) is 1. The maximum Gasteiger partial charge on any atom is 0.120 e. The van der Waals surface area contributed by atoms with E-state index in [-0.39, 0.29) is 0 Å². The average Bonchev–Trinajstić information content (AvgIpc) is 2.37. The highest BCUT2D eigenvalue weighted by atomic mass is 35.5. The molecule has 2 nitrogen and oxygen atoms in total. The standard InChI is InChI=1S/C15H16ClNO/c16-14-5-1-4-13(9-14)11-18-15-6-2-3-12(10-15)7-8-17/h1-6,9-10H,7-8,11,17H2. The van der Waals surface area contributed by atoms with E-state index in [1.165, 1.54) is 5.56 Å². The topological polar surface area (TPSA) is 35.2 Å². The minimum Gasteiger partial charge on any atom is -0.489 e. The predicted octanol–water partition coefficient (Wildman–Crippen LogP) is 3.42. The summed E-state index contributed by atoms with van der Waals surface area (Å²) in [6, 6.07) is 15.7. The van der Waals surface area contributed by atoms with Gasteiger partial charge < -0.3 is 10.5 Å². The maximum atomic E-state index is 5.92. The van der Waals surface area contributed by atoms with Crippen LogP contribution in [0.4, 0.5) is 0 Å². The second-order valence-corrected chi connectivity index (χ2v) is 4.54. The lowest BCUT2D eigenvalue weighted by Gasteiger charge is -2.08. The van der Waals surface area contributed by atoms with Crippen molar-refractivity contribution in [1.29, 1.82) is 0 Å². The molecule has 0 saturated heterocycles. The van der Waals surface area contributed by atoms with Crippen LogP contribution in [0.2, 0.25) is 5.02 Å². The zero-order valence-electron chi connectivity index (χ0n) is 10.1. The van der Waals surface area contributed by atoms with E-state index in [1.54, 1.807) is 0 Å². The molecule has 0 aliphatic rings. The molecule has 0 atom stereocenters. The van der Waals surface area contributed by atoms with Crippen molar-refractivity contribution in [1.82, 2.24) is 0 Å². The van der Waals surface area contributed by atoms with Crippen LogP contribution in [0, 0.1) is 0 Å². The van der Waals surface area contributed by atoms with Gasteiger partial charge in [-0.05, 0) is 48.4 Å². The molecule has 2 aromatic rings. The molecular weight excluding hydrogens is 246 g/mol. The largest absolute Gasteiger partial charge is 0.489 e. The first kappa shape index (κ1) is 12.9. The summed E-state index contributed by atoms with van der Waals surface area (Å²) in [5.41, 5.74) is 7.79. The summed E-state index contributed by atoms with van der Waals surface area (Å²) >= 11 is 5.92. The summed E-state index contributed by atoms with van der Waals surface area (Å²) in [4.78, 5) is 0. The molecule has 0 bridgehead atoms. The molecule has 0 spiro atoms. The molecular formula is C15H16ClNO. The molecule has 2 aromatic carbocycles. The van der Waals surface area contributed by atoms with E-state index in [2.05, 4.69) is 6.07 Å². The van der Waals surface area contributed by atoms with Crippen LogP contribution >= 0.6 is 11.6 Å². The Morgan fingerprint density at radius 1 is 1.00 bits per heavy atom. The fourth-order valence-corrected chi connectivity index (χ4v) is 1.96. The van der Waals surface area contributed by atoms with Crippen molar-refractivity contribution in [2.24, 2.45) is 5.73 Å². The number of halogens is 1. The number of benzene rings is 2. The van der Waals surface area contributed by atoms with E-state index in [9.17, 15) is 0 Å². The summed E-state index contributed by atoms with van der Waals surface area (Å²) < 4.78 is 5.73. The van der Waals surface area contributed by atoms with Gasteiger partial charge in [0.1, 0.15) is 12.4 Å². The highest BCUT2D eigenvalue weighted by molar-refractivity contribution is 6.30. The van der Waals surface area contributed by atoms with Crippen LogP contribution < -0.4 is 10.5 Å². The lowest BCUT2D eigenvalue weighted by Crippen LogP contribution is -2.03. The van der Waals surface area contributed by atoms with E-state index in [4.69, 9.17) is 22.1 Å². The lowest BCUT2D eigenvalue weighted by molar-refractivity contribution is 0.306. The third kappa shape index (κ3) is 3.76. The highest BCUT2D eigenvalue weighted by Crippen LogP contribution is 2.17. The quantitative estimate of drug-likeness (QED) is 0.895. The third-order valence-electron chi connectivity index (χ3n) is 2.63. The molecule has 18 heavy (non-hydrogen) atoms. The molecule has 0 saturated carbocycles. The monoisotopic (exact) mass is 261 g/mol. The Kier molecular flexibility index (Phi) is 4.62. The lowest BCUT2D eigenvalue weighted by atomic mass is 10.1. The molecule has 2 rings (SSSR count). The summed E-state index contributed by atoms with van der Waals surface area (Å²) in [5.74, 6) is 0.862. The van der Waals surface area contributed by atoms with Gasteiger partial charge in [0.15, 0.2) is 0 Å². The van der Waals surface area contributed by atoms with Gasteiger partial charge in [-0.2, -0.15) is 0 Å². The molecule has 0 radical (unpaired) electrons. The molecule has 3 heteroatoms. The smallest absolute Gasteiger partial charge is 0.120 e. The molecule has 0 aromatic heterocycles. The molecule has 0 unspecified atom stereocenters. The summed E-state index contributed by atoms with van der Waals surface area (Å²) in [6.07, 6.45) is 0.869. The number of ether oxygens (including phenoxy) is 1. The summed E-state index contributed by atoms with van der Waals surface area (Å²) in [6.45, 7) is 1.17. The first-order chi connectivity index (χ1) is 8.78. The Balaban J connectivity index is 1.99. The van der Waals surface area contributed by atoms with Crippen LogP contribution in [-0.4, -0.2) is 6.54 Å². The van der Waals surface area contributed by atoms with E-state index < -0.39 is 0 Å². The Morgan fingerprint density at radius 2 is 1.78 bits per heavy atom. The van der Waals surface area contributed by atoms with Crippen molar-refractivity contribution >= 4 is 11.6 Å². The minimum atomic E-state index is 0.520. The van der Waals surface area contributed by atoms with Crippen LogP contribution in [-0.2, 0) is 13.0 Å². The second kappa shape index (κ2) is 6.43. The SMILES string of the molecule is NCCc1cccc(OCc2cccc(Cl)c2)c1. The van der Waals surface area contributed by atoms with Crippen molar-refractivity contribution < 1.29 is 4.74 Å². The van der Waals surface area contributed by atoms with E-state index in [0.29, 0.717) is 13.2 Å². The Bertz CT molecular complexity index is 513. The van der Waals surface area contributed by atoms with Gasteiger partial charge in [-0.15, -0.1) is 0 Å². The first-order valence-corrected chi connectivity index (χ1v) is 6.32. The zero-order valence-corrected chi connectivity index (χ0v) is 10.9. The average molecular weight is 262 g/mol. The number of hydrogen-bond acceptors (Lipinski definition) is 2. The third-order valence-corrected chi connectivity index (χ3v) is 2.86.